The van der Waals surface area contributed by atoms with Gasteiger partial charge in [-0.1, -0.05) is 83.9 Å². The Hall–Kier alpha value is -2.83. The number of carbonyl (C=O) groups excluding carboxylic acids is 1. The zero-order valence-electron chi connectivity index (χ0n) is 20.5. The number of benzene rings is 3. The van der Waals surface area contributed by atoms with E-state index in [-0.39, 0.29) is 18.1 Å². The topological polar surface area (TPSA) is 50.8 Å². The molecule has 5 rings (SSSR count). The quantitative estimate of drug-likeness (QED) is 0.376. The van der Waals surface area contributed by atoms with Gasteiger partial charge >= 0.3 is 0 Å². The van der Waals surface area contributed by atoms with Crippen LogP contribution in [-0.2, 0) is 22.7 Å². The van der Waals surface area contributed by atoms with Crippen molar-refractivity contribution >= 4 is 35.2 Å². The lowest BCUT2D eigenvalue weighted by atomic mass is 9.88. The molecule has 1 atom stereocenters. The molecule has 1 amide bonds. The number of likely N-dealkylation sites (tertiary alicyclic amines) is 1. The van der Waals surface area contributed by atoms with Crippen LogP contribution in [0.4, 0.5) is 0 Å². The van der Waals surface area contributed by atoms with Crippen molar-refractivity contribution in [3.8, 4) is 5.75 Å². The van der Waals surface area contributed by atoms with Crippen LogP contribution in [0.1, 0.15) is 29.5 Å². The number of carbonyl (C=O) groups is 1. The van der Waals surface area contributed by atoms with Gasteiger partial charge in [-0.2, -0.15) is 0 Å². The number of halogens is 2. The van der Waals surface area contributed by atoms with Crippen LogP contribution in [-0.4, -0.2) is 42.1 Å². The average Bonchev–Trinajstić information content (AvgIpc) is 2.93. The highest BCUT2D eigenvalue weighted by Gasteiger charge is 2.39. The van der Waals surface area contributed by atoms with Gasteiger partial charge in [-0.05, 0) is 35.4 Å². The fourth-order valence-corrected chi connectivity index (χ4v) is 5.10. The summed E-state index contributed by atoms with van der Waals surface area (Å²) in [6.07, 6.45) is 5.79. The van der Waals surface area contributed by atoms with Gasteiger partial charge in [0.1, 0.15) is 17.4 Å². The number of piperidine rings is 1. The molecule has 0 bridgehead atoms. The number of ether oxygens (including phenoxy) is 2. The van der Waals surface area contributed by atoms with Crippen molar-refractivity contribution in [2.24, 2.45) is 0 Å². The number of hydrogen-bond acceptors (Lipinski definition) is 4. The van der Waals surface area contributed by atoms with Crippen LogP contribution in [0.3, 0.4) is 0 Å². The lowest BCUT2D eigenvalue weighted by Gasteiger charge is -2.42. The average molecular weight is 537 g/mol. The second-order valence-electron chi connectivity index (χ2n) is 9.55. The smallest absolute Gasteiger partial charge is 0.242 e. The van der Waals surface area contributed by atoms with Gasteiger partial charge in [0.15, 0.2) is 0 Å². The number of nitrogens with one attached hydrogen (secondary N) is 1. The van der Waals surface area contributed by atoms with Crippen molar-refractivity contribution in [2.75, 3.05) is 19.7 Å². The monoisotopic (exact) mass is 536 g/mol. The molecule has 5 nitrogen and oxygen atoms in total. The highest BCUT2D eigenvalue weighted by molar-refractivity contribution is 6.42. The molecule has 2 heterocycles. The molecule has 0 radical (unpaired) electrons. The maximum atomic E-state index is 13.6. The van der Waals surface area contributed by atoms with E-state index in [0.29, 0.717) is 36.3 Å². The van der Waals surface area contributed by atoms with E-state index in [4.69, 9.17) is 32.7 Å². The minimum atomic E-state index is -0.472. The highest BCUT2D eigenvalue weighted by Crippen LogP contribution is 2.37. The third-order valence-corrected chi connectivity index (χ3v) is 7.69. The second-order valence-corrected chi connectivity index (χ2v) is 10.4. The summed E-state index contributed by atoms with van der Waals surface area (Å²) in [6, 6.07) is 23.1. The molecule has 1 spiro atoms. The Labute approximate surface area is 228 Å². The van der Waals surface area contributed by atoms with Gasteiger partial charge in [-0.25, -0.2) is 0 Å². The van der Waals surface area contributed by atoms with E-state index < -0.39 is 6.04 Å². The normalized spacial score (nSPS) is 16.8. The Bertz CT molecular complexity index is 1260. The van der Waals surface area contributed by atoms with Crippen LogP contribution < -0.4 is 10.1 Å². The van der Waals surface area contributed by atoms with E-state index in [2.05, 4.69) is 23.5 Å². The van der Waals surface area contributed by atoms with E-state index in [1.54, 1.807) is 12.1 Å². The second kappa shape index (κ2) is 11.7. The zero-order chi connectivity index (χ0) is 25.7. The van der Waals surface area contributed by atoms with Crippen LogP contribution in [0.25, 0.3) is 6.08 Å². The van der Waals surface area contributed by atoms with Gasteiger partial charge in [0.05, 0.1) is 23.3 Å². The van der Waals surface area contributed by atoms with Crippen molar-refractivity contribution in [3.05, 3.63) is 106 Å². The van der Waals surface area contributed by atoms with Crippen molar-refractivity contribution in [3.63, 3.8) is 0 Å². The van der Waals surface area contributed by atoms with E-state index >= 15 is 0 Å². The first kappa shape index (κ1) is 25.8. The molecule has 0 unspecified atom stereocenters. The van der Waals surface area contributed by atoms with Gasteiger partial charge in [0.25, 0.3) is 0 Å². The number of amides is 1. The molecule has 3 aromatic rings. The van der Waals surface area contributed by atoms with Crippen molar-refractivity contribution in [1.82, 2.24) is 10.2 Å². The molecule has 37 heavy (non-hydrogen) atoms. The molecule has 1 N–H and O–H groups in total. The Morgan fingerprint density at radius 1 is 0.973 bits per heavy atom. The number of fused-ring (bicyclic) bond motifs is 1. The van der Waals surface area contributed by atoms with Crippen molar-refractivity contribution in [2.45, 2.75) is 37.6 Å². The Balaban J connectivity index is 1.21. The summed E-state index contributed by atoms with van der Waals surface area (Å²) in [5.41, 5.74) is 2.76. The first-order valence-electron chi connectivity index (χ1n) is 12.6. The van der Waals surface area contributed by atoms with Gasteiger partial charge in [0.2, 0.25) is 5.91 Å². The fraction of sp³-hybridized carbons (Fsp3) is 0.300. The summed E-state index contributed by atoms with van der Waals surface area (Å²) in [7, 11) is 0. The maximum Gasteiger partial charge on any atom is 0.242 e. The van der Waals surface area contributed by atoms with Crippen molar-refractivity contribution < 1.29 is 14.3 Å². The third-order valence-electron chi connectivity index (χ3n) is 6.95. The summed E-state index contributed by atoms with van der Waals surface area (Å²) in [5, 5.41) is 4.41. The Kier molecular flexibility index (Phi) is 8.16. The highest BCUT2D eigenvalue weighted by atomic mass is 35.5. The lowest BCUT2D eigenvalue weighted by Crippen LogP contribution is -2.54. The van der Waals surface area contributed by atoms with Crippen LogP contribution in [0, 0.1) is 0 Å². The SMILES string of the molecule is O=C([C@H](COCc1ccc(Cl)c(Cl)c1)NCc1ccccc1)N1CCC2(C=Cc3ccccc3O2)CC1. The lowest BCUT2D eigenvalue weighted by molar-refractivity contribution is -0.138. The number of hydrogen-bond donors (Lipinski definition) is 1. The Morgan fingerprint density at radius 3 is 2.51 bits per heavy atom. The van der Waals surface area contributed by atoms with E-state index in [1.807, 2.05) is 59.5 Å². The molecule has 0 saturated carbocycles. The van der Waals surface area contributed by atoms with Crippen LogP contribution >= 0.6 is 23.2 Å². The summed E-state index contributed by atoms with van der Waals surface area (Å²) in [5.74, 6) is 0.947. The summed E-state index contributed by atoms with van der Waals surface area (Å²) in [4.78, 5) is 15.5. The predicted octanol–water partition coefficient (Wildman–Crippen LogP) is 6.14. The Morgan fingerprint density at radius 2 is 1.73 bits per heavy atom. The van der Waals surface area contributed by atoms with Gasteiger partial charge in [-0.15, -0.1) is 0 Å². The molecule has 1 fully saturated rings. The van der Waals surface area contributed by atoms with Crippen LogP contribution in [0.2, 0.25) is 10.0 Å². The molecule has 2 aliphatic rings. The molecule has 1 saturated heterocycles. The number of rotatable bonds is 8. The zero-order valence-corrected chi connectivity index (χ0v) is 22.0. The van der Waals surface area contributed by atoms with Gasteiger partial charge in [-0.3, -0.25) is 10.1 Å². The third kappa shape index (κ3) is 6.36. The summed E-state index contributed by atoms with van der Waals surface area (Å²) in [6.45, 7) is 2.42. The molecule has 192 valence electrons. The fourth-order valence-electron chi connectivity index (χ4n) is 4.78. The standard InChI is InChI=1S/C30H30Cl2N2O3/c31-25-11-10-23(18-26(25)32)20-36-21-27(33-19-22-6-2-1-3-7-22)29(35)34-16-14-30(15-17-34)13-12-24-8-4-5-9-28(24)37-30/h1-13,18,27,33H,14-17,19-21H2/t27-/m0/s1. The molecular formula is C30H30Cl2N2O3. The minimum Gasteiger partial charge on any atom is -0.482 e. The molecule has 0 aromatic heterocycles. The molecule has 3 aromatic carbocycles. The largest absolute Gasteiger partial charge is 0.482 e. The minimum absolute atomic E-state index is 0.0418. The number of para-hydroxylation sites is 1. The van der Waals surface area contributed by atoms with Crippen molar-refractivity contribution in [1.29, 1.82) is 0 Å². The van der Waals surface area contributed by atoms with E-state index in [0.717, 1.165) is 35.3 Å². The van der Waals surface area contributed by atoms with Crippen LogP contribution in [0.15, 0.2) is 78.9 Å². The van der Waals surface area contributed by atoms with Gasteiger partial charge in [0, 0.05) is 38.0 Å². The predicted molar refractivity (Wildman–Crippen MR) is 148 cm³/mol. The first-order chi connectivity index (χ1) is 18.0. The molecule has 7 heteroatoms. The molecule has 2 aliphatic heterocycles. The number of nitrogens with zero attached hydrogens (tertiary/aromatic N) is 1. The molecule has 0 aliphatic carbocycles. The molecular weight excluding hydrogens is 507 g/mol. The maximum absolute atomic E-state index is 13.6. The van der Waals surface area contributed by atoms with Gasteiger partial charge < -0.3 is 14.4 Å². The van der Waals surface area contributed by atoms with E-state index in [9.17, 15) is 4.79 Å². The van der Waals surface area contributed by atoms with E-state index in [1.165, 1.54) is 0 Å². The summed E-state index contributed by atoms with van der Waals surface area (Å²) < 4.78 is 12.4. The summed E-state index contributed by atoms with van der Waals surface area (Å²) >= 11 is 12.2. The van der Waals surface area contributed by atoms with Crippen LogP contribution in [0.5, 0.6) is 5.75 Å². The first-order valence-corrected chi connectivity index (χ1v) is 13.3.